The third-order valence-corrected chi connectivity index (χ3v) is 3.51. The van der Waals surface area contributed by atoms with Crippen molar-refractivity contribution in [3.63, 3.8) is 0 Å². The zero-order valence-corrected chi connectivity index (χ0v) is 12.5. The molecular weight excluding hydrogens is 287 g/mol. The van der Waals surface area contributed by atoms with Crippen LogP contribution in [0, 0.1) is 0 Å². The number of methoxy groups -OCH3 is 1. The number of benzene rings is 1. The summed E-state index contributed by atoms with van der Waals surface area (Å²) >= 11 is 11.8. The molecule has 1 aromatic carbocycles. The molecule has 0 aromatic heterocycles. The molecule has 0 radical (unpaired) electrons. The molecular formula is C13H18Cl2N2O2. The van der Waals surface area contributed by atoms with Gasteiger partial charge in [-0.3, -0.25) is 4.79 Å². The summed E-state index contributed by atoms with van der Waals surface area (Å²) in [5, 5.41) is 3.78. The molecule has 0 saturated carbocycles. The highest BCUT2D eigenvalue weighted by Crippen LogP contribution is 2.25. The van der Waals surface area contributed by atoms with E-state index in [2.05, 4.69) is 5.32 Å². The van der Waals surface area contributed by atoms with Crippen LogP contribution in [0.25, 0.3) is 0 Å². The normalized spacial score (nSPS) is 13.9. The van der Waals surface area contributed by atoms with Gasteiger partial charge in [-0.2, -0.15) is 0 Å². The number of carbonyl (C=O) groups excluding carboxylic acids is 1. The van der Waals surface area contributed by atoms with Gasteiger partial charge in [-0.25, -0.2) is 0 Å². The zero-order valence-electron chi connectivity index (χ0n) is 11.0. The second-order valence-electron chi connectivity index (χ2n) is 4.29. The number of nitrogens with two attached hydrogens (primary N) is 1. The van der Waals surface area contributed by atoms with Gasteiger partial charge in [0.25, 0.3) is 0 Å². The molecule has 1 amide bonds. The van der Waals surface area contributed by atoms with Crippen LogP contribution in [0.1, 0.15) is 24.9 Å². The fourth-order valence-corrected chi connectivity index (χ4v) is 1.87. The second-order valence-corrected chi connectivity index (χ2v) is 5.11. The number of amides is 1. The topological polar surface area (TPSA) is 64.3 Å². The maximum atomic E-state index is 11.8. The Labute approximate surface area is 123 Å². The summed E-state index contributed by atoms with van der Waals surface area (Å²) in [6.45, 7) is 2.32. The molecule has 4 nitrogen and oxygen atoms in total. The van der Waals surface area contributed by atoms with Crippen molar-refractivity contribution in [2.75, 3.05) is 13.7 Å². The van der Waals surface area contributed by atoms with Crippen molar-refractivity contribution in [3.8, 4) is 0 Å². The van der Waals surface area contributed by atoms with Crippen LogP contribution in [0.3, 0.4) is 0 Å². The average molecular weight is 305 g/mol. The molecule has 2 unspecified atom stereocenters. The predicted molar refractivity (Wildman–Crippen MR) is 77.5 cm³/mol. The van der Waals surface area contributed by atoms with Crippen molar-refractivity contribution in [1.82, 2.24) is 5.32 Å². The minimum Gasteiger partial charge on any atom is -0.385 e. The van der Waals surface area contributed by atoms with Gasteiger partial charge in [0, 0.05) is 13.7 Å². The second kappa shape index (κ2) is 7.70. The summed E-state index contributed by atoms with van der Waals surface area (Å²) in [7, 11) is 1.57. The van der Waals surface area contributed by atoms with Gasteiger partial charge in [0.05, 0.1) is 22.1 Å². The van der Waals surface area contributed by atoms with E-state index in [-0.39, 0.29) is 11.9 Å². The van der Waals surface area contributed by atoms with Gasteiger partial charge >= 0.3 is 0 Å². The van der Waals surface area contributed by atoms with Crippen molar-refractivity contribution in [2.45, 2.75) is 25.4 Å². The van der Waals surface area contributed by atoms with Crippen LogP contribution < -0.4 is 11.1 Å². The zero-order chi connectivity index (χ0) is 14.4. The molecule has 0 heterocycles. The lowest BCUT2D eigenvalue weighted by molar-refractivity contribution is -0.123. The molecule has 1 rings (SSSR count). The van der Waals surface area contributed by atoms with E-state index in [4.69, 9.17) is 33.7 Å². The lowest BCUT2D eigenvalue weighted by atomic mass is 10.1. The summed E-state index contributed by atoms with van der Waals surface area (Å²) in [4.78, 5) is 11.8. The quantitative estimate of drug-likeness (QED) is 0.849. The highest BCUT2D eigenvalue weighted by atomic mass is 35.5. The summed E-state index contributed by atoms with van der Waals surface area (Å²) < 4.78 is 4.89. The van der Waals surface area contributed by atoms with Gasteiger partial charge < -0.3 is 15.8 Å². The van der Waals surface area contributed by atoms with Gasteiger partial charge in [-0.15, -0.1) is 0 Å². The van der Waals surface area contributed by atoms with Gasteiger partial charge in [-0.1, -0.05) is 29.3 Å². The summed E-state index contributed by atoms with van der Waals surface area (Å²) in [5.41, 5.74) is 6.62. The van der Waals surface area contributed by atoms with Crippen LogP contribution in [0.15, 0.2) is 18.2 Å². The molecule has 6 heteroatoms. The lowest BCUT2D eigenvalue weighted by Crippen LogP contribution is -2.42. The van der Waals surface area contributed by atoms with Crippen molar-refractivity contribution < 1.29 is 9.53 Å². The third-order valence-electron chi connectivity index (χ3n) is 2.77. The highest BCUT2D eigenvalue weighted by molar-refractivity contribution is 6.42. The number of hydrogen-bond donors (Lipinski definition) is 2. The van der Waals surface area contributed by atoms with E-state index in [1.54, 1.807) is 19.2 Å². The highest BCUT2D eigenvalue weighted by Gasteiger charge is 2.16. The Hall–Kier alpha value is -0.810. The van der Waals surface area contributed by atoms with E-state index in [1.165, 1.54) is 0 Å². The first-order valence-corrected chi connectivity index (χ1v) is 6.71. The number of rotatable bonds is 6. The Bertz CT molecular complexity index is 441. The monoisotopic (exact) mass is 304 g/mol. The minimum atomic E-state index is -0.579. The van der Waals surface area contributed by atoms with Crippen molar-refractivity contribution in [3.05, 3.63) is 33.8 Å². The molecule has 0 aliphatic heterocycles. The van der Waals surface area contributed by atoms with Crippen molar-refractivity contribution >= 4 is 29.1 Å². The molecule has 0 aliphatic carbocycles. The number of hydrogen-bond acceptors (Lipinski definition) is 3. The SMILES string of the molecule is COCCC(N)C(=O)NC(C)c1ccc(Cl)c(Cl)c1. The van der Waals surface area contributed by atoms with E-state index in [9.17, 15) is 4.79 Å². The molecule has 0 spiro atoms. The fourth-order valence-electron chi connectivity index (χ4n) is 1.56. The van der Waals surface area contributed by atoms with Crippen molar-refractivity contribution in [2.24, 2.45) is 5.73 Å². The Morgan fingerprint density at radius 3 is 2.68 bits per heavy atom. The van der Waals surface area contributed by atoms with E-state index >= 15 is 0 Å². The molecule has 0 aliphatic rings. The Morgan fingerprint density at radius 1 is 1.42 bits per heavy atom. The smallest absolute Gasteiger partial charge is 0.237 e. The average Bonchev–Trinajstić information content (AvgIpc) is 2.38. The van der Waals surface area contributed by atoms with E-state index in [1.807, 2.05) is 13.0 Å². The number of carbonyl (C=O) groups is 1. The van der Waals surface area contributed by atoms with Gasteiger partial charge in [-0.05, 0) is 31.0 Å². The first kappa shape index (κ1) is 16.2. The minimum absolute atomic E-state index is 0.184. The van der Waals surface area contributed by atoms with E-state index in [0.29, 0.717) is 23.1 Å². The third kappa shape index (κ3) is 4.99. The first-order chi connectivity index (χ1) is 8.95. The summed E-state index contributed by atoms with van der Waals surface area (Å²) in [6, 6.07) is 4.49. The lowest BCUT2D eigenvalue weighted by Gasteiger charge is -2.18. The van der Waals surface area contributed by atoms with Crippen LogP contribution in [0.4, 0.5) is 0 Å². The van der Waals surface area contributed by atoms with Crippen LogP contribution in [0.5, 0.6) is 0 Å². The van der Waals surface area contributed by atoms with Crippen molar-refractivity contribution in [1.29, 1.82) is 0 Å². The molecule has 3 N–H and O–H groups in total. The van der Waals surface area contributed by atoms with Gasteiger partial charge in [0.15, 0.2) is 0 Å². The van der Waals surface area contributed by atoms with E-state index < -0.39 is 6.04 Å². The van der Waals surface area contributed by atoms with Gasteiger partial charge in [0.1, 0.15) is 0 Å². The summed E-state index contributed by atoms with van der Waals surface area (Å²) in [6.07, 6.45) is 0.483. The standard InChI is InChI=1S/C13H18Cl2N2O2/c1-8(9-3-4-10(14)11(15)7-9)17-13(18)12(16)5-6-19-2/h3-4,7-8,12H,5-6,16H2,1-2H3,(H,17,18). The van der Waals surface area contributed by atoms with Crippen LogP contribution >= 0.6 is 23.2 Å². The molecule has 0 fully saturated rings. The van der Waals surface area contributed by atoms with Gasteiger partial charge in [0.2, 0.25) is 5.91 Å². The molecule has 0 bridgehead atoms. The maximum Gasteiger partial charge on any atom is 0.237 e. The Morgan fingerprint density at radius 2 is 2.11 bits per heavy atom. The molecule has 106 valence electrons. The number of nitrogens with one attached hydrogen (secondary N) is 1. The Balaban J connectivity index is 2.60. The largest absolute Gasteiger partial charge is 0.385 e. The number of halogens is 2. The molecule has 19 heavy (non-hydrogen) atoms. The first-order valence-electron chi connectivity index (χ1n) is 5.95. The number of ether oxygens (including phenoxy) is 1. The summed E-state index contributed by atoms with van der Waals surface area (Å²) in [5.74, 6) is -0.212. The molecule has 2 atom stereocenters. The molecule has 0 saturated heterocycles. The van der Waals surface area contributed by atoms with Crippen LogP contribution in [0.2, 0.25) is 10.0 Å². The predicted octanol–water partition coefficient (Wildman–Crippen LogP) is 2.53. The maximum absolute atomic E-state index is 11.8. The van der Waals surface area contributed by atoms with Crippen LogP contribution in [-0.4, -0.2) is 25.7 Å². The molecule has 1 aromatic rings. The van der Waals surface area contributed by atoms with Crippen LogP contribution in [-0.2, 0) is 9.53 Å². The van der Waals surface area contributed by atoms with E-state index in [0.717, 1.165) is 5.56 Å². The Kier molecular flexibility index (Phi) is 6.58. The fraction of sp³-hybridized carbons (Fsp3) is 0.462.